The molecule has 0 aliphatic carbocycles. The maximum Gasteiger partial charge on any atom is 0.282 e. The molecular formula is C13H14N4O2. The molecule has 0 unspecified atom stereocenters. The lowest BCUT2D eigenvalue weighted by atomic mass is 10.2. The predicted molar refractivity (Wildman–Crippen MR) is 67.3 cm³/mol. The van der Waals surface area contributed by atoms with Crippen molar-refractivity contribution in [2.75, 3.05) is 0 Å². The Balaban J connectivity index is 1.86. The van der Waals surface area contributed by atoms with E-state index in [9.17, 15) is 9.90 Å². The van der Waals surface area contributed by atoms with E-state index in [1.54, 1.807) is 29.1 Å². The van der Waals surface area contributed by atoms with Gasteiger partial charge in [-0.15, -0.1) is 5.75 Å². The summed E-state index contributed by atoms with van der Waals surface area (Å²) in [5.74, 6) is 0.620. The first kappa shape index (κ1) is 12.8. The van der Waals surface area contributed by atoms with Gasteiger partial charge in [0.1, 0.15) is 12.4 Å². The number of aryl methyl sites for hydroxylation is 1. The number of rotatable bonds is 4. The third-order valence-electron chi connectivity index (χ3n) is 2.57. The summed E-state index contributed by atoms with van der Waals surface area (Å²) in [6.45, 7) is 2.08. The molecule has 0 radical (unpaired) electrons. The molecule has 0 spiro atoms. The summed E-state index contributed by atoms with van der Waals surface area (Å²) in [7, 11) is 0. The number of carbonyl (C=O) groups excluding carboxylic acids is 1. The first-order chi connectivity index (χ1) is 9.15. The molecule has 1 aromatic carbocycles. The molecule has 2 N–H and O–H groups in total. The number of imidazole rings is 1. The van der Waals surface area contributed by atoms with Gasteiger partial charge in [-0.2, -0.15) is 5.10 Å². The molecule has 19 heavy (non-hydrogen) atoms. The number of nitrogens with zero attached hydrogens (tertiary/aromatic N) is 2. The summed E-state index contributed by atoms with van der Waals surface area (Å²) in [6.07, 6.45) is 5.04. The molecule has 1 amide bonds. The summed E-state index contributed by atoms with van der Waals surface area (Å²) in [5, 5.41) is 14.7. The Bertz CT molecular complexity index is 587. The number of nitrogens with one attached hydrogen (secondary N) is 2. The minimum atomic E-state index is -0.218. The molecule has 0 aliphatic rings. The molecule has 1 heterocycles. The van der Waals surface area contributed by atoms with Gasteiger partial charge in [-0.25, -0.2) is 15.0 Å². The summed E-state index contributed by atoms with van der Waals surface area (Å²) < 4.78 is 1.77. The molecule has 0 bridgehead atoms. The maximum absolute atomic E-state index is 11.6. The number of aromatic amines is 1. The van der Waals surface area contributed by atoms with Crippen LogP contribution in [0, 0.1) is 6.92 Å². The van der Waals surface area contributed by atoms with E-state index >= 15 is 0 Å². The summed E-state index contributed by atoms with van der Waals surface area (Å²) in [4.78, 5) is 14.6. The third-order valence-corrected chi connectivity index (χ3v) is 2.57. The Morgan fingerprint density at radius 2 is 2.21 bits per heavy atom. The van der Waals surface area contributed by atoms with Crippen LogP contribution in [0.3, 0.4) is 0 Å². The van der Waals surface area contributed by atoms with Crippen LogP contribution >= 0.6 is 0 Å². The zero-order valence-corrected chi connectivity index (χ0v) is 10.5. The number of hydrogen-bond acceptors (Lipinski definition) is 3. The Hall–Kier alpha value is -2.63. The molecule has 0 atom stereocenters. The lowest BCUT2D eigenvalue weighted by Gasteiger charge is -2.03. The van der Waals surface area contributed by atoms with Crippen molar-refractivity contribution in [2.24, 2.45) is 5.10 Å². The number of benzene rings is 1. The highest BCUT2D eigenvalue weighted by Crippen LogP contribution is 2.04. The fourth-order valence-electron chi connectivity index (χ4n) is 1.54. The molecule has 0 saturated carbocycles. The topological polar surface area (TPSA) is 84.2 Å². The van der Waals surface area contributed by atoms with Gasteiger partial charge in [0.2, 0.25) is 0 Å². The number of aromatic nitrogens is 2. The highest BCUT2D eigenvalue weighted by molar-refractivity contribution is 5.82. The van der Waals surface area contributed by atoms with E-state index in [1.807, 2.05) is 6.92 Å². The van der Waals surface area contributed by atoms with E-state index < -0.39 is 0 Å². The van der Waals surface area contributed by atoms with E-state index in [-0.39, 0.29) is 18.2 Å². The van der Waals surface area contributed by atoms with Crippen molar-refractivity contribution in [3.8, 4) is 5.75 Å². The van der Waals surface area contributed by atoms with E-state index in [0.717, 1.165) is 11.4 Å². The average molecular weight is 258 g/mol. The fraction of sp³-hybridized carbons (Fsp3) is 0.154. The maximum atomic E-state index is 11.6. The summed E-state index contributed by atoms with van der Waals surface area (Å²) in [5.41, 5.74) is 3.18. The molecular weight excluding hydrogens is 244 g/mol. The van der Waals surface area contributed by atoms with Crippen LogP contribution in [0.2, 0.25) is 0 Å². The van der Waals surface area contributed by atoms with Crippen LogP contribution in [0.1, 0.15) is 11.4 Å². The van der Waals surface area contributed by atoms with Gasteiger partial charge in [-0.05, 0) is 5.56 Å². The number of amides is 1. The fourth-order valence-corrected chi connectivity index (χ4v) is 1.54. The average Bonchev–Trinajstić information content (AvgIpc) is 2.78. The standard InChI is InChI=1S/C13H14N4O2/c1-10-14-6-7-17(10)9-13(19)16-15-8-11-2-4-12(18)5-3-11/h2-8H,9H2,1H3,(H2,15,16,18,19). The van der Waals surface area contributed by atoms with Crippen molar-refractivity contribution >= 4 is 12.1 Å². The van der Waals surface area contributed by atoms with Gasteiger partial charge in [-0.1, -0.05) is 24.3 Å². The van der Waals surface area contributed by atoms with Gasteiger partial charge < -0.3 is 5.11 Å². The van der Waals surface area contributed by atoms with E-state index in [0.29, 0.717) is 0 Å². The van der Waals surface area contributed by atoms with Crippen LogP contribution in [0.4, 0.5) is 0 Å². The van der Waals surface area contributed by atoms with Gasteiger partial charge >= 0.3 is 0 Å². The van der Waals surface area contributed by atoms with Gasteiger partial charge in [0.15, 0.2) is 6.54 Å². The Labute approximate surface area is 110 Å². The van der Waals surface area contributed by atoms with E-state index in [2.05, 4.69) is 15.5 Å². The van der Waals surface area contributed by atoms with Gasteiger partial charge in [-0.3, -0.25) is 4.79 Å². The first-order valence-electron chi connectivity index (χ1n) is 5.77. The molecule has 0 fully saturated rings. The number of H-pyrrole nitrogens is 1. The molecule has 6 nitrogen and oxygen atoms in total. The third kappa shape index (κ3) is 3.67. The molecule has 1 aromatic heterocycles. The minimum Gasteiger partial charge on any atom is -0.872 e. The van der Waals surface area contributed by atoms with Crippen molar-refractivity contribution in [3.05, 3.63) is 48.0 Å². The second-order valence-electron chi connectivity index (χ2n) is 4.04. The Kier molecular flexibility index (Phi) is 3.92. The van der Waals surface area contributed by atoms with Crippen LogP contribution < -0.4 is 15.1 Å². The van der Waals surface area contributed by atoms with Gasteiger partial charge in [0.05, 0.1) is 6.21 Å². The minimum absolute atomic E-state index is 0.0551. The zero-order chi connectivity index (χ0) is 13.7. The second kappa shape index (κ2) is 5.81. The molecule has 98 valence electrons. The van der Waals surface area contributed by atoms with Crippen molar-refractivity contribution in [3.63, 3.8) is 0 Å². The summed E-state index contributed by atoms with van der Waals surface area (Å²) in [6, 6.07) is 6.18. The van der Waals surface area contributed by atoms with E-state index in [1.165, 1.54) is 18.3 Å². The quantitative estimate of drug-likeness (QED) is 0.453. The second-order valence-corrected chi connectivity index (χ2v) is 4.04. The van der Waals surface area contributed by atoms with Crippen LogP contribution in [0.15, 0.2) is 41.8 Å². The normalized spacial score (nSPS) is 10.8. The predicted octanol–water partition coefficient (Wildman–Crippen LogP) is -0.165. The number of hydrazone groups is 1. The van der Waals surface area contributed by atoms with Crippen molar-refractivity contribution in [1.29, 1.82) is 0 Å². The van der Waals surface area contributed by atoms with Crippen LogP contribution in [-0.2, 0) is 11.3 Å². The Morgan fingerprint density at radius 3 is 2.84 bits per heavy atom. The van der Waals surface area contributed by atoms with E-state index in [4.69, 9.17) is 0 Å². The van der Waals surface area contributed by atoms with Crippen molar-refractivity contribution < 1.29 is 14.5 Å². The molecule has 0 aliphatic heterocycles. The van der Waals surface area contributed by atoms with Crippen LogP contribution in [0.25, 0.3) is 0 Å². The monoisotopic (exact) mass is 258 g/mol. The van der Waals surface area contributed by atoms with Gasteiger partial charge in [0, 0.05) is 6.92 Å². The van der Waals surface area contributed by atoms with Crippen LogP contribution in [-0.4, -0.2) is 17.1 Å². The number of carbonyl (C=O) groups is 1. The Morgan fingerprint density at radius 1 is 1.47 bits per heavy atom. The lowest BCUT2D eigenvalue weighted by molar-refractivity contribution is -0.689. The molecule has 0 saturated heterocycles. The summed E-state index contributed by atoms with van der Waals surface area (Å²) >= 11 is 0. The van der Waals surface area contributed by atoms with Crippen molar-refractivity contribution in [1.82, 2.24) is 10.4 Å². The highest BCUT2D eigenvalue weighted by atomic mass is 16.3. The van der Waals surface area contributed by atoms with Crippen molar-refractivity contribution in [2.45, 2.75) is 13.5 Å². The molecule has 2 aromatic rings. The smallest absolute Gasteiger partial charge is 0.282 e. The molecule has 2 rings (SSSR count). The lowest BCUT2D eigenvalue weighted by Crippen LogP contribution is -2.42. The number of hydrogen-bond donors (Lipinski definition) is 2. The zero-order valence-electron chi connectivity index (χ0n) is 10.5. The van der Waals surface area contributed by atoms with Crippen LogP contribution in [0.5, 0.6) is 5.75 Å². The SMILES string of the molecule is Cc1[nH]cc[n+]1CC(=O)N/N=C/c1ccc([O-])cc1. The highest BCUT2D eigenvalue weighted by Gasteiger charge is 2.09. The van der Waals surface area contributed by atoms with Gasteiger partial charge in [0.25, 0.3) is 11.7 Å². The largest absolute Gasteiger partial charge is 0.872 e. The molecule has 6 heteroatoms. The first-order valence-corrected chi connectivity index (χ1v) is 5.77.